The molecule has 1 heterocycles. The van der Waals surface area contributed by atoms with Crippen molar-refractivity contribution in [1.29, 1.82) is 0 Å². The van der Waals surface area contributed by atoms with Gasteiger partial charge in [0.15, 0.2) is 0 Å². The van der Waals surface area contributed by atoms with Crippen LogP contribution in [0.5, 0.6) is 5.75 Å². The number of piperazine rings is 1. The summed E-state index contributed by atoms with van der Waals surface area (Å²) in [7, 11) is -3.38. The van der Waals surface area contributed by atoms with Crippen LogP contribution < -0.4 is 4.74 Å². The molecule has 29 heavy (non-hydrogen) atoms. The number of amides is 1. The van der Waals surface area contributed by atoms with Crippen LogP contribution in [0.3, 0.4) is 0 Å². The van der Waals surface area contributed by atoms with Crippen molar-refractivity contribution in [3.05, 3.63) is 71.8 Å². The molecule has 1 saturated heterocycles. The van der Waals surface area contributed by atoms with Crippen LogP contribution in [0, 0.1) is 0 Å². The number of sulfonamides is 1. The Hall–Kier alpha value is -2.64. The Morgan fingerprint density at radius 1 is 1.00 bits per heavy atom. The van der Waals surface area contributed by atoms with Crippen molar-refractivity contribution in [2.45, 2.75) is 12.7 Å². The minimum atomic E-state index is -3.38. The minimum Gasteiger partial charge on any atom is -0.494 e. The molecule has 0 unspecified atom stereocenters. The van der Waals surface area contributed by atoms with E-state index < -0.39 is 10.0 Å². The molecule has 2 aromatic rings. The molecular formula is C22H26N2O4S. The highest BCUT2D eigenvalue weighted by Gasteiger charge is 2.28. The number of hydrogen-bond acceptors (Lipinski definition) is 4. The van der Waals surface area contributed by atoms with Crippen LogP contribution in [0.15, 0.2) is 60.7 Å². The summed E-state index contributed by atoms with van der Waals surface area (Å²) in [4.78, 5) is 14.1. The van der Waals surface area contributed by atoms with Crippen molar-refractivity contribution in [2.24, 2.45) is 0 Å². The zero-order valence-electron chi connectivity index (χ0n) is 16.5. The first-order valence-electron chi connectivity index (χ1n) is 9.69. The van der Waals surface area contributed by atoms with Crippen molar-refractivity contribution in [3.63, 3.8) is 0 Å². The lowest BCUT2D eigenvalue weighted by Crippen LogP contribution is -2.50. The SMILES string of the molecule is CCOc1ccc(/C=C/C(=O)N2CCN(S(=O)(=O)Cc3ccccc3)CC2)cc1. The Bertz CT molecular complexity index is 933. The van der Waals surface area contributed by atoms with E-state index in [2.05, 4.69) is 0 Å². The molecular weight excluding hydrogens is 388 g/mol. The Morgan fingerprint density at radius 3 is 2.28 bits per heavy atom. The van der Waals surface area contributed by atoms with Gasteiger partial charge in [-0.15, -0.1) is 0 Å². The standard InChI is InChI=1S/C22H26N2O4S/c1-2-28-21-11-8-19(9-12-21)10-13-22(25)23-14-16-24(17-15-23)29(26,27)18-20-6-4-3-5-7-20/h3-13H,2,14-18H2,1H3/b13-10+. The molecule has 0 radical (unpaired) electrons. The van der Waals surface area contributed by atoms with Crippen molar-refractivity contribution < 1.29 is 17.9 Å². The molecule has 154 valence electrons. The summed E-state index contributed by atoms with van der Waals surface area (Å²) in [5.74, 6) is 0.669. The molecule has 1 amide bonds. The predicted octanol–water partition coefficient (Wildman–Crippen LogP) is 2.77. The molecule has 0 saturated carbocycles. The maximum absolute atomic E-state index is 12.6. The van der Waals surface area contributed by atoms with E-state index in [4.69, 9.17) is 4.74 Å². The summed E-state index contributed by atoms with van der Waals surface area (Å²) in [6.07, 6.45) is 3.29. The lowest BCUT2D eigenvalue weighted by Gasteiger charge is -2.33. The van der Waals surface area contributed by atoms with Gasteiger partial charge in [0.25, 0.3) is 0 Å². The van der Waals surface area contributed by atoms with E-state index >= 15 is 0 Å². The highest BCUT2D eigenvalue weighted by atomic mass is 32.2. The molecule has 0 spiro atoms. The fourth-order valence-electron chi connectivity index (χ4n) is 3.18. The zero-order valence-corrected chi connectivity index (χ0v) is 17.3. The third-order valence-electron chi connectivity index (χ3n) is 4.75. The summed E-state index contributed by atoms with van der Waals surface area (Å²) < 4.78 is 32.1. The van der Waals surface area contributed by atoms with E-state index in [-0.39, 0.29) is 11.7 Å². The van der Waals surface area contributed by atoms with Crippen molar-refractivity contribution in [2.75, 3.05) is 32.8 Å². The molecule has 0 bridgehead atoms. The van der Waals surface area contributed by atoms with E-state index in [1.54, 1.807) is 11.0 Å². The Labute approximate surface area is 172 Å². The average molecular weight is 415 g/mol. The zero-order chi connectivity index (χ0) is 20.7. The van der Waals surface area contributed by atoms with Gasteiger partial charge in [0.05, 0.1) is 12.4 Å². The van der Waals surface area contributed by atoms with E-state index in [9.17, 15) is 13.2 Å². The highest BCUT2D eigenvalue weighted by Crippen LogP contribution is 2.15. The molecule has 1 fully saturated rings. The topological polar surface area (TPSA) is 66.9 Å². The van der Waals surface area contributed by atoms with Crippen LogP contribution in [0.4, 0.5) is 0 Å². The second kappa shape index (κ2) is 9.71. The van der Waals surface area contributed by atoms with Crippen LogP contribution in [0.1, 0.15) is 18.1 Å². The third-order valence-corrected chi connectivity index (χ3v) is 6.60. The van der Waals surface area contributed by atoms with Gasteiger partial charge in [0.1, 0.15) is 5.75 Å². The quantitative estimate of drug-likeness (QED) is 0.654. The molecule has 0 aliphatic carbocycles. The maximum atomic E-state index is 12.6. The largest absolute Gasteiger partial charge is 0.494 e. The molecule has 1 aliphatic heterocycles. The molecule has 7 heteroatoms. The van der Waals surface area contributed by atoms with Crippen LogP contribution in [-0.2, 0) is 20.6 Å². The Kier molecular flexibility index (Phi) is 7.06. The summed E-state index contributed by atoms with van der Waals surface area (Å²) in [6.45, 7) is 3.95. The van der Waals surface area contributed by atoms with Gasteiger partial charge < -0.3 is 9.64 Å². The lowest BCUT2D eigenvalue weighted by atomic mass is 10.2. The van der Waals surface area contributed by atoms with Crippen LogP contribution in [0.2, 0.25) is 0 Å². The smallest absolute Gasteiger partial charge is 0.246 e. The number of hydrogen-bond donors (Lipinski definition) is 0. The van der Waals surface area contributed by atoms with Crippen molar-refractivity contribution in [3.8, 4) is 5.75 Å². The van der Waals surface area contributed by atoms with Gasteiger partial charge in [0, 0.05) is 32.3 Å². The molecule has 0 atom stereocenters. The van der Waals surface area contributed by atoms with Crippen LogP contribution in [-0.4, -0.2) is 56.3 Å². The second-order valence-electron chi connectivity index (χ2n) is 6.80. The first-order valence-corrected chi connectivity index (χ1v) is 11.3. The van der Waals surface area contributed by atoms with Gasteiger partial charge >= 0.3 is 0 Å². The summed E-state index contributed by atoms with van der Waals surface area (Å²) >= 11 is 0. The van der Waals surface area contributed by atoms with E-state index in [1.165, 1.54) is 10.4 Å². The summed E-state index contributed by atoms with van der Waals surface area (Å²) in [6, 6.07) is 16.7. The van der Waals surface area contributed by atoms with E-state index in [0.29, 0.717) is 32.8 Å². The van der Waals surface area contributed by atoms with Crippen LogP contribution >= 0.6 is 0 Å². The van der Waals surface area contributed by atoms with Gasteiger partial charge in [-0.3, -0.25) is 4.79 Å². The first-order chi connectivity index (χ1) is 14.0. The lowest BCUT2D eigenvalue weighted by molar-refractivity contribution is -0.127. The monoisotopic (exact) mass is 414 g/mol. The number of benzene rings is 2. The summed E-state index contributed by atoms with van der Waals surface area (Å²) in [5.41, 5.74) is 1.68. The van der Waals surface area contributed by atoms with Crippen molar-refractivity contribution in [1.82, 2.24) is 9.21 Å². The van der Waals surface area contributed by atoms with E-state index in [1.807, 2.05) is 61.5 Å². The first kappa shape index (κ1) is 21.1. The fraction of sp³-hybridized carbons (Fsp3) is 0.318. The maximum Gasteiger partial charge on any atom is 0.246 e. The number of ether oxygens (including phenoxy) is 1. The van der Waals surface area contributed by atoms with Gasteiger partial charge in [-0.2, -0.15) is 4.31 Å². The van der Waals surface area contributed by atoms with Gasteiger partial charge in [-0.25, -0.2) is 8.42 Å². The highest BCUT2D eigenvalue weighted by molar-refractivity contribution is 7.88. The Morgan fingerprint density at radius 2 is 1.66 bits per heavy atom. The van der Waals surface area contributed by atoms with Gasteiger partial charge in [0.2, 0.25) is 15.9 Å². The molecule has 0 N–H and O–H groups in total. The number of rotatable bonds is 7. The third kappa shape index (κ3) is 5.92. The Balaban J connectivity index is 1.52. The fourth-order valence-corrected chi connectivity index (χ4v) is 4.69. The number of carbonyl (C=O) groups excluding carboxylic acids is 1. The molecule has 1 aliphatic rings. The molecule has 2 aromatic carbocycles. The molecule has 3 rings (SSSR count). The van der Waals surface area contributed by atoms with Gasteiger partial charge in [-0.1, -0.05) is 42.5 Å². The molecule has 6 nitrogen and oxygen atoms in total. The average Bonchev–Trinajstić information content (AvgIpc) is 2.74. The number of nitrogens with zero attached hydrogens (tertiary/aromatic N) is 2. The second-order valence-corrected chi connectivity index (χ2v) is 8.77. The van der Waals surface area contributed by atoms with E-state index in [0.717, 1.165) is 16.9 Å². The van der Waals surface area contributed by atoms with Gasteiger partial charge in [-0.05, 0) is 36.3 Å². The predicted molar refractivity (Wildman–Crippen MR) is 114 cm³/mol. The minimum absolute atomic E-state index is 0.0145. The van der Waals surface area contributed by atoms with Crippen LogP contribution in [0.25, 0.3) is 6.08 Å². The molecule has 0 aromatic heterocycles. The normalized spacial score (nSPS) is 15.6. The number of carbonyl (C=O) groups is 1. The van der Waals surface area contributed by atoms with Crippen molar-refractivity contribution >= 4 is 22.0 Å². The summed E-state index contributed by atoms with van der Waals surface area (Å²) in [5, 5.41) is 0.